The van der Waals surface area contributed by atoms with Crippen molar-refractivity contribution in [2.24, 2.45) is 0 Å². The van der Waals surface area contributed by atoms with Crippen LogP contribution in [0.5, 0.6) is 0 Å². The first kappa shape index (κ1) is 16.4. The van der Waals surface area contributed by atoms with Gasteiger partial charge < -0.3 is 9.80 Å². The summed E-state index contributed by atoms with van der Waals surface area (Å²) in [6.07, 6.45) is 0. The summed E-state index contributed by atoms with van der Waals surface area (Å²) in [4.78, 5) is 28.5. The standard InChI is InChI=1S/C14H17ClN4O3S/c15-11-1-2-12(13(9-11)19(21)22)17-5-3-16(4-6-17)10-18-7-8-23-14(18)20/h1-2,9H,3-8,10H2. The van der Waals surface area contributed by atoms with Crippen LogP contribution in [-0.2, 0) is 0 Å². The van der Waals surface area contributed by atoms with Crippen molar-refractivity contribution in [3.8, 4) is 0 Å². The number of benzene rings is 1. The van der Waals surface area contributed by atoms with Gasteiger partial charge in [-0.3, -0.25) is 19.8 Å². The predicted octanol–water partition coefficient (Wildman–Crippen LogP) is 2.50. The molecule has 2 aliphatic rings. The van der Waals surface area contributed by atoms with Crippen LogP contribution in [-0.4, -0.2) is 65.1 Å². The van der Waals surface area contributed by atoms with E-state index in [4.69, 9.17) is 11.6 Å². The minimum Gasteiger partial charge on any atom is -0.363 e. The number of nitro groups is 1. The molecule has 3 rings (SSSR count). The molecular weight excluding hydrogens is 340 g/mol. The lowest BCUT2D eigenvalue weighted by atomic mass is 10.2. The smallest absolute Gasteiger partial charge is 0.294 e. The van der Waals surface area contributed by atoms with Crippen LogP contribution in [0.4, 0.5) is 16.2 Å². The van der Waals surface area contributed by atoms with Crippen molar-refractivity contribution < 1.29 is 9.72 Å². The lowest BCUT2D eigenvalue weighted by molar-refractivity contribution is -0.384. The van der Waals surface area contributed by atoms with Gasteiger partial charge in [0, 0.05) is 49.6 Å². The first-order valence-electron chi connectivity index (χ1n) is 7.37. The van der Waals surface area contributed by atoms with E-state index >= 15 is 0 Å². The van der Waals surface area contributed by atoms with Crippen molar-refractivity contribution in [1.82, 2.24) is 9.80 Å². The van der Waals surface area contributed by atoms with Gasteiger partial charge in [-0.1, -0.05) is 23.4 Å². The Labute approximate surface area is 143 Å². The Morgan fingerprint density at radius 3 is 2.57 bits per heavy atom. The normalized spacial score (nSPS) is 19.4. The van der Waals surface area contributed by atoms with E-state index in [0.29, 0.717) is 30.5 Å². The third kappa shape index (κ3) is 3.70. The number of hydrogen-bond acceptors (Lipinski definition) is 6. The topological polar surface area (TPSA) is 69.9 Å². The molecule has 0 saturated carbocycles. The second-order valence-corrected chi connectivity index (χ2v) is 7.00. The van der Waals surface area contributed by atoms with E-state index in [0.717, 1.165) is 25.4 Å². The van der Waals surface area contributed by atoms with Gasteiger partial charge in [0.15, 0.2) is 0 Å². The second-order valence-electron chi connectivity index (χ2n) is 5.51. The van der Waals surface area contributed by atoms with Crippen molar-refractivity contribution in [3.05, 3.63) is 33.3 Å². The number of carbonyl (C=O) groups excluding carboxylic acids is 1. The van der Waals surface area contributed by atoms with Gasteiger partial charge in [0.2, 0.25) is 0 Å². The first-order chi connectivity index (χ1) is 11.0. The molecule has 1 aromatic rings. The van der Waals surface area contributed by atoms with Gasteiger partial charge in [0.25, 0.3) is 10.9 Å². The Kier molecular flexibility index (Phi) is 4.93. The second kappa shape index (κ2) is 6.94. The highest BCUT2D eigenvalue weighted by Crippen LogP contribution is 2.31. The van der Waals surface area contributed by atoms with Gasteiger partial charge in [-0.25, -0.2) is 0 Å². The summed E-state index contributed by atoms with van der Waals surface area (Å²) >= 11 is 7.22. The van der Waals surface area contributed by atoms with Gasteiger partial charge in [0.1, 0.15) is 5.69 Å². The molecule has 23 heavy (non-hydrogen) atoms. The molecule has 1 amide bonds. The highest BCUT2D eigenvalue weighted by molar-refractivity contribution is 8.13. The third-order valence-corrected chi connectivity index (χ3v) is 5.19. The summed E-state index contributed by atoms with van der Waals surface area (Å²) in [5.74, 6) is 0.857. The molecular formula is C14H17ClN4O3S. The largest absolute Gasteiger partial charge is 0.363 e. The zero-order valence-electron chi connectivity index (χ0n) is 12.5. The van der Waals surface area contributed by atoms with Gasteiger partial charge in [-0.05, 0) is 12.1 Å². The SMILES string of the molecule is O=C1SCCN1CN1CCN(c2ccc(Cl)cc2[N+](=O)[O-])CC1. The fraction of sp³-hybridized carbons (Fsp3) is 0.500. The van der Waals surface area contributed by atoms with Crippen LogP contribution in [0.3, 0.4) is 0 Å². The number of nitro benzene ring substituents is 1. The number of piperazine rings is 1. The quantitative estimate of drug-likeness (QED) is 0.609. The van der Waals surface area contributed by atoms with Gasteiger partial charge in [-0.2, -0.15) is 0 Å². The molecule has 2 fully saturated rings. The number of amides is 1. The van der Waals surface area contributed by atoms with Gasteiger partial charge in [0.05, 0.1) is 11.6 Å². The molecule has 0 aromatic heterocycles. The molecule has 0 unspecified atom stereocenters. The third-order valence-electron chi connectivity index (χ3n) is 4.06. The maximum atomic E-state index is 11.6. The zero-order chi connectivity index (χ0) is 16.4. The van der Waals surface area contributed by atoms with Crippen molar-refractivity contribution in [1.29, 1.82) is 0 Å². The van der Waals surface area contributed by atoms with Crippen molar-refractivity contribution in [2.45, 2.75) is 0 Å². The molecule has 1 aromatic carbocycles. The summed E-state index contributed by atoms with van der Waals surface area (Å²) in [6, 6.07) is 4.77. The molecule has 124 valence electrons. The molecule has 0 atom stereocenters. The van der Waals surface area contributed by atoms with Crippen LogP contribution < -0.4 is 4.90 Å². The van der Waals surface area contributed by atoms with E-state index in [1.165, 1.54) is 17.8 Å². The lowest BCUT2D eigenvalue weighted by Gasteiger charge is -2.37. The fourth-order valence-electron chi connectivity index (χ4n) is 2.84. The maximum absolute atomic E-state index is 11.6. The summed E-state index contributed by atoms with van der Waals surface area (Å²) in [6.45, 7) is 4.37. The van der Waals surface area contributed by atoms with Crippen LogP contribution in [0.25, 0.3) is 0 Å². The molecule has 2 aliphatic heterocycles. The minimum absolute atomic E-state index is 0.0390. The van der Waals surface area contributed by atoms with Crippen LogP contribution in [0.2, 0.25) is 5.02 Å². The van der Waals surface area contributed by atoms with E-state index in [9.17, 15) is 14.9 Å². The summed E-state index contributed by atoms with van der Waals surface area (Å²) in [7, 11) is 0. The van der Waals surface area contributed by atoms with E-state index in [-0.39, 0.29) is 10.9 Å². The number of rotatable bonds is 4. The first-order valence-corrected chi connectivity index (χ1v) is 8.74. The molecule has 9 heteroatoms. The average molecular weight is 357 g/mol. The Morgan fingerprint density at radius 1 is 1.22 bits per heavy atom. The van der Waals surface area contributed by atoms with Gasteiger partial charge in [-0.15, -0.1) is 0 Å². The van der Waals surface area contributed by atoms with E-state index in [2.05, 4.69) is 4.90 Å². The molecule has 0 N–H and O–H groups in total. The number of hydrogen-bond donors (Lipinski definition) is 0. The summed E-state index contributed by atoms with van der Waals surface area (Å²) in [5.41, 5.74) is 0.643. The van der Waals surface area contributed by atoms with E-state index < -0.39 is 4.92 Å². The lowest BCUT2D eigenvalue weighted by Crippen LogP contribution is -2.50. The van der Waals surface area contributed by atoms with Crippen molar-refractivity contribution in [2.75, 3.05) is 50.0 Å². The molecule has 7 nitrogen and oxygen atoms in total. The number of thioether (sulfide) groups is 1. The Hall–Kier alpha value is -1.51. The molecule has 2 saturated heterocycles. The molecule has 0 bridgehead atoms. The maximum Gasteiger partial charge on any atom is 0.294 e. The monoisotopic (exact) mass is 356 g/mol. The summed E-state index contributed by atoms with van der Waals surface area (Å²) < 4.78 is 0. The minimum atomic E-state index is -0.395. The van der Waals surface area contributed by atoms with Gasteiger partial charge >= 0.3 is 0 Å². The van der Waals surface area contributed by atoms with Crippen molar-refractivity contribution >= 4 is 40.0 Å². The van der Waals surface area contributed by atoms with Crippen LogP contribution in [0.15, 0.2) is 18.2 Å². The summed E-state index contributed by atoms with van der Waals surface area (Å²) in [5, 5.41) is 11.7. The fourth-order valence-corrected chi connectivity index (χ4v) is 3.82. The van der Waals surface area contributed by atoms with E-state index in [1.807, 2.05) is 9.80 Å². The highest BCUT2D eigenvalue weighted by atomic mass is 35.5. The Balaban J connectivity index is 1.63. The Bertz CT molecular complexity index is 622. The number of halogens is 1. The number of nitrogens with zero attached hydrogens (tertiary/aromatic N) is 4. The van der Waals surface area contributed by atoms with Crippen LogP contribution in [0, 0.1) is 10.1 Å². The molecule has 0 radical (unpaired) electrons. The molecule has 0 spiro atoms. The van der Waals surface area contributed by atoms with E-state index in [1.54, 1.807) is 12.1 Å². The number of anilines is 1. The average Bonchev–Trinajstić information content (AvgIpc) is 2.93. The zero-order valence-corrected chi connectivity index (χ0v) is 14.1. The van der Waals surface area contributed by atoms with Crippen molar-refractivity contribution in [3.63, 3.8) is 0 Å². The Morgan fingerprint density at radius 2 is 1.96 bits per heavy atom. The highest BCUT2D eigenvalue weighted by Gasteiger charge is 2.27. The predicted molar refractivity (Wildman–Crippen MR) is 91.3 cm³/mol. The van der Waals surface area contributed by atoms with Crippen LogP contribution in [0.1, 0.15) is 0 Å². The molecule has 2 heterocycles. The molecule has 0 aliphatic carbocycles. The number of carbonyl (C=O) groups is 1. The van der Waals surface area contributed by atoms with Crippen LogP contribution >= 0.6 is 23.4 Å².